The number of carbonyl (C=O) groups is 1. The average molecular weight is 290 g/mol. The van der Waals surface area contributed by atoms with Gasteiger partial charge in [0.25, 0.3) is 0 Å². The van der Waals surface area contributed by atoms with Gasteiger partial charge in [0.1, 0.15) is 0 Å². The van der Waals surface area contributed by atoms with E-state index in [1.54, 1.807) is 0 Å². The third-order valence-electron chi connectivity index (χ3n) is 4.72. The molecule has 21 heavy (non-hydrogen) atoms. The van der Waals surface area contributed by atoms with Gasteiger partial charge >= 0.3 is 5.97 Å². The van der Waals surface area contributed by atoms with E-state index in [-0.39, 0.29) is 6.42 Å². The van der Waals surface area contributed by atoms with Crippen LogP contribution in [0.5, 0.6) is 0 Å². The van der Waals surface area contributed by atoms with Crippen LogP contribution in [0.15, 0.2) is 0 Å². The lowest BCUT2D eigenvalue weighted by molar-refractivity contribution is -0.136. The second-order valence-corrected chi connectivity index (χ2v) is 6.96. The Kier molecular flexibility index (Phi) is 4.26. The molecular formula is C17H26N2O2. The van der Waals surface area contributed by atoms with Gasteiger partial charge in [-0.3, -0.25) is 9.78 Å². The second kappa shape index (κ2) is 5.66. The second-order valence-electron chi connectivity index (χ2n) is 6.96. The molecule has 0 saturated carbocycles. The van der Waals surface area contributed by atoms with Crippen LogP contribution >= 0.6 is 0 Å². The monoisotopic (exact) mass is 290 g/mol. The number of hydrogen-bond acceptors (Lipinski definition) is 3. The maximum absolute atomic E-state index is 11.2. The number of pyridine rings is 1. The molecular weight excluding hydrogens is 264 g/mol. The lowest BCUT2D eigenvalue weighted by Gasteiger charge is -2.40. The Morgan fingerprint density at radius 1 is 1.19 bits per heavy atom. The van der Waals surface area contributed by atoms with Crippen LogP contribution in [0.2, 0.25) is 0 Å². The number of carboxylic acid groups (broad SMARTS) is 1. The number of aliphatic carboxylic acids is 1. The summed E-state index contributed by atoms with van der Waals surface area (Å²) in [6.45, 7) is 12.6. The summed E-state index contributed by atoms with van der Waals surface area (Å²) >= 11 is 0. The molecule has 0 aromatic carbocycles. The molecule has 1 aliphatic rings. The van der Waals surface area contributed by atoms with E-state index < -0.39 is 5.97 Å². The van der Waals surface area contributed by atoms with Gasteiger partial charge < -0.3 is 10.0 Å². The van der Waals surface area contributed by atoms with Crippen molar-refractivity contribution in [3.63, 3.8) is 0 Å². The fourth-order valence-corrected chi connectivity index (χ4v) is 3.10. The van der Waals surface area contributed by atoms with Crippen molar-refractivity contribution in [2.75, 3.05) is 18.0 Å². The molecule has 1 N–H and O–H groups in total. The van der Waals surface area contributed by atoms with E-state index in [4.69, 9.17) is 0 Å². The van der Waals surface area contributed by atoms with Crippen molar-refractivity contribution in [3.8, 4) is 0 Å². The fraction of sp³-hybridized carbons (Fsp3) is 0.647. The molecule has 1 aromatic rings. The van der Waals surface area contributed by atoms with Crippen molar-refractivity contribution < 1.29 is 9.90 Å². The van der Waals surface area contributed by atoms with E-state index in [1.165, 1.54) is 0 Å². The van der Waals surface area contributed by atoms with Crippen LogP contribution in [-0.2, 0) is 11.2 Å². The highest BCUT2D eigenvalue weighted by Crippen LogP contribution is 2.36. The van der Waals surface area contributed by atoms with Gasteiger partial charge in [-0.05, 0) is 44.6 Å². The van der Waals surface area contributed by atoms with Gasteiger partial charge in [-0.25, -0.2) is 0 Å². The van der Waals surface area contributed by atoms with Crippen LogP contribution in [0.25, 0.3) is 0 Å². The number of hydrogen-bond donors (Lipinski definition) is 1. The first-order valence-corrected chi connectivity index (χ1v) is 7.65. The molecule has 0 atom stereocenters. The molecule has 4 nitrogen and oxygen atoms in total. The summed E-state index contributed by atoms with van der Waals surface area (Å²) in [7, 11) is 0. The van der Waals surface area contributed by atoms with E-state index in [9.17, 15) is 9.90 Å². The average Bonchev–Trinajstić information content (AvgIpc) is 2.37. The molecule has 1 saturated heterocycles. The molecule has 2 heterocycles. The number of aromatic nitrogens is 1. The molecule has 0 spiro atoms. The molecule has 1 fully saturated rings. The summed E-state index contributed by atoms with van der Waals surface area (Å²) in [5.41, 5.74) is 5.34. The summed E-state index contributed by atoms with van der Waals surface area (Å²) in [6, 6.07) is 0. The van der Waals surface area contributed by atoms with Gasteiger partial charge in [0, 0.05) is 35.7 Å². The third kappa shape index (κ3) is 3.36. The zero-order chi connectivity index (χ0) is 15.8. The minimum absolute atomic E-state index is 0.0508. The Morgan fingerprint density at radius 2 is 1.76 bits per heavy atom. The topological polar surface area (TPSA) is 53.4 Å². The lowest BCUT2D eigenvalue weighted by Crippen LogP contribution is -2.38. The predicted octanol–water partition coefficient (Wildman–Crippen LogP) is 3.26. The zero-order valence-corrected chi connectivity index (χ0v) is 13.8. The highest BCUT2D eigenvalue weighted by Gasteiger charge is 2.28. The Labute approximate surface area is 127 Å². The van der Waals surface area contributed by atoms with Gasteiger partial charge in [0.05, 0.1) is 6.42 Å². The number of piperidine rings is 1. The molecule has 0 radical (unpaired) electrons. The van der Waals surface area contributed by atoms with E-state index in [1.807, 2.05) is 13.8 Å². The van der Waals surface area contributed by atoms with E-state index in [0.717, 1.165) is 54.1 Å². The molecule has 4 heteroatoms. The van der Waals surface area contributed by atoms with Gasteiger partial charge in [-0.2, -0.15) is 0 Å². The molecule has 0 amide bonds. The largest absolute Gasteiger partial charge is 0.481 e. The highest BCUT2D eigenvalue weighted by atomic mass is 16.4. The maximum atomic E-state index is 11.2. The molecule has 116 valence electrons. The van der Waals surface area contributed by atoms with Crippen LogP contribution < -0.4 is 4.90 Å². The number of nitrogens with zero attached hydrogens (tertiary/aromatic N) is 2. The first-order chi connectivity index (χ1) is 9.71. The van der Waals surface area contributed by atoms with Crippen LogP contribution in [-0.4, -0.2) is 29.1 Å². The van der Waals surface area contributed by atoms with Gasteiger partial charge in [-0.15, -0.1) is 0 Å². The SMILES string of the molecule is Cc1nc(C)c(CC(=O)O)c(N2CCC(C)(C)CC2)c1C. The first kappa shape index (κ1) is 15.8. The highest BCUT2D eigenvalue weighted by molar-refractivity contribution is 5.75. The summed E-state index contributed by atoms with van der Waals surface area (Å²) in [4.78, 5) is 18.1. The lowest BCUT2D eigenvalue weighted by atomic mass is 9.82. The Balaban J connectivity index is 2.43. The smallest absolute Gasteiger partial charge is 0.307 e. The molecule has 0 bridgehead atoms. The summed E-state index contributed by atoms with van der Waals surface area (Å²) in [6.07, 6.45) is 2.33. The van der Waals surface area contributed by atoms with Crippen molar-refractivity contribution in [2.24, 2.45) is 5.41 Å². The summed E-state index contributed by atoms with van der Waals surface area (Å²) in [5.74, 6) is -0.790. The number of aryl methyl sites for hydroxylation is 2. The van der Waals surface area contributed by atoms with Crippen molar-refractivity contribution in [1.82, 2.24) is 4.98 Å². The molecule has 1 aliphatic heterocycles. The standard InChI is InChI=1S/C17H26N2O2/c1-11-12(2)18-13(3)14(10-15(20)21)16(11)19-8-6-17(4,5)7-9-19/h6-10H2,1-5H3,(H,20,21). The summed E-state index contributed by atoms with van der Waals surface area (Å²) < 4.78 is 0. The van der Waals surface area contributed by atoms with Crippen LogP contribution in [0.4, 0.5) is 5.69 Å². The molecule has 0 unspecified atom stereocenters. The van der Waals surface area contributed by atoms with Crippen LogP contribution in [0.1, 0.15) is 49.2 Å². The van der Waals surface area contributed by atoms with Gasteiger partial charge in [0.2, 0.25) is 0 Å². The normalized spacial score (nSPS) is 17.9. The van der Waals surface area contributed by atoms with Gasteiger partial charge in [-0.1, -0.05) is 13.8 Å². The quantitative estimate of drug-likeness (QED) is 0.928. The van der Waals surface area contributed by atoms with Gasteiger partial charge in [0.15, 0.2) is 0 Å². The van der Waals surface area contributed by atoms with Crippen molar-refractivity contribution in [1.29, 1.82) is 0 Å². The van der Waals surface area contributed by atoms with Crippen molar-refractivity contribution in [3.05, 3.63) is 22.5 Å². The molecule has 0 aliphatic carbocycles. The first-order valence-electron chi connectivity index (χ1n) is 7.65. The molecule has 1 aromatic heterocycles. The molecule has 2 rings (SSSR count). The van der Waals surface area contributed by atoms with E-state index in [0.29, 0.717) is 5.41 Å². The number of anilines is 1. The van der Waals surface area contributed by atoms with Crippen molar-refractivity contribution >= 4 is 11.7 Å². The third-order valence-corrected chi connectivity index (χ3v) is 4.72. The zero-order valence-electron chi connectivity index (χ0n) is 13.8. The van der Waals surface area contributed by atoms with Crippen molar-refractivity contribution in [2.45, 2.75) is 53.9 Å². The van der Waals surface area contributed by atoms with E-state index >= 15 is 0 Å². The Morgan fingerprint density at radius 3 is 2.29 bits per heavy atom. The van der Waals surface area contributed by atoms with E-state index in [2.05, 4.69) is 30.7 Å². The minimum atomic E-state index is -0.790. The summed E-state index contributed by atoms with van der Waals surface area (Å²) in [5, 5.41) is 9.21. The Bertz CT molecular complexity index is 554. The Hall–Kier alpha value is -1.58. The minimum Gasteiger partial charge on any atom is -0.481 e. The number of carboxylic acids is 1. The number of rotatable bonds is 3. The maximum Gasteiger partial charge on any atom is 0.307 e. The van der Waals surface area contributed by atoms with Crippen LogP contribution in [0, 0.1) is 26.2 Å². The van der Waals surface area contributed by atoms with Crippen LogP contribution in [0.3, 0.4) is 0 Å². The fourth-order valence-electron chi connectivity index (χ4n) is 3.10. The predicted molar refractivity (Wildman–Crippen MR) is 85.0 cm³/mol.